The number of amides is 1. The molecule has 7 nitrogen and oxygen atoms in total. The van der Waals surface area contributed by atoms with Gasteiger partial charge in [-0.3, -0.25) is 9.59 Å². The van der Waals surface area contributed by atoms with Crippen LogP contribution in [0.2, 0.25) is 0 Å². The number of nitrogens with two attached hydrogens (primary N) is 3. The average Bonchev–Trinajstić information content (AvgIpc) is 2.39. The van der Waals surface area contributed by atoms with Gasteiger partial charge in [0.25, 0.3) is 0 Å². The zero-order valence-corrected chi connectivity index (χ0v) is 11.4. The summed E-state index contributed by atoms with van der Waals surface area (Å²) >= 11 is 0. The molecule has 0 aromatic rings. The number of carboxylic acid groups (broad SMARTS) is 1. The van der Waals surface area contributed by atoms with E-state index in [0.717, 1.165) is 19.3 Å². The van der Waals surface area contributed by atoms with Gasteiger partial charge in [-0.05, 0) is 38.8 Å². The molecular weight excluding hydrogens is 248 g/mol. The highest BCUT2D eigenvalue weighted by Crippen LogP contribution is 2.04. The number of nitrogens with zero attached hydrogens (tertiary/aromatic N) is 1. The van der Waals surface area contributed by atoms with Gasteiger partial charge in [0.1, 0.15) is 6.04 Å². The minimum atomic E-state index is -1.08. The van der Waals surface area contributed by atoms with E-state index in [0.29, 0.717) is 26.2 Å². The van der Waals surface area contributed by atoms with Crippen LogP contribution in [0.5, 0.6) is 0 Å². The van der Waals surface area contributed by atoms with E-state index in [4.69, 9.17) is 22.3 Å². The standard InChI is InChI=1S/C12H26N4O3/c13-6-1-2-8-16(9-3-7-14)11(17)5-4-10(15)12(18)19/h10H,1-9,13-15H2,(H,18,19)/t10-/m0/s1. The van der Waals surface area contributed by atoms with E-state index in [9.17, 15) is 9.59 Å². The van der Waals surface area contributed by atoms with Gasteiger partial charge in [-0.15, -0.1) is 0 Å². The summed E-state index contributed by atoms with van der Waals surface area (Å²) in [6.45, 7) is 2.36. The first-order valence-electron chi connectivity index (χ1n) is 6.69. The molecule has 1 amide bonds. The molecule has 0 aromatic heterocycles. The van der Waals surface area contributed by atoms with Crippen LogP contribution in [0.1, 0.15) is 32.1 Å². The van der Waals surface area contributed by atoms with E-state index < -0.39 is 12.0 Å². The molecular formula is C12H26N4O3. The van der Waals surface area contributed by atoms with Gasteiger partial charge in [0.15, 0.2) is 0 Å². The Labute approximate surface area is 114 Å². The molecule has 0 bridgehead atoms. The highest BCUT2D eigenvalue weighted by atomic mass is 16.4. The second-order valence-corrected chi connectivity index (χ2v) is 4.50. The molecule has 7 heteroatoms. The zero-order chi connectivity index (χ0) is 14.7. The zero-order valence-electron chi connectivity index (χ0n) is 11.4. The Morgan fingerprint density at radius 2 is 1.63 bits per heavy atom. The number of unbranched alkanes of at least 4 members (excludes halogenated alkanes) is 1. The largest absolute Gasteiger partial charge is 0.480 e. The van der Waals surface area contributed by atoms with Crippen molar-refractivity contribution in [3.63, 3.8) is 0 Å². The first-order chi connectivity index (χ1) is 9.02. The average molecular weight is 274 g/mol. The van der Waals surface area contributed by atoms with Crippen LogP contribution in [0, 0.1) is 0 Å². The fourth-order valence-electron chi connectivity index (χ4n) is 1.65. The summed E-state index contributed by atoms with van der Waals surface area (Å²) in [4.78, 5) is 24.3. The van der Waals surface area contributed by atoms with Crippen LogP contribution in [0.25, 0.3) is 0 Å². The summed E-state index contributed by atoms with van der Waals surface area (Å²) in [5.41, 5.74) is 16.2. The maximum absolute atomic E-state index is 12.0. The van der Waals surface area contributed by atoms with Crippen molar-refractivity contribution in [3.8, 4) is 0 Å². The van der Waals surface area contributed by atoms with Crippen molar-refractivity contribution in [2.45, 2.75) is 38.1 Å². The number of rotatable bonds is 11. The van der Waals surface area contributed by atoms with Gasteiger partial charge in [-0.25, -0.2) is 0 Å². The van der Waals surface area contributed by atoms with Crippen molar-refractivity contribution in [3.05, 3.63) is 0 Å². The quantitative estimate of drug-likeness (QED) is 0.360. The number of carbonyl (C=O) groups excluding carboxylic acids is 1. The van der Waals surface area contributed by atoms with Gasteiger partial charge in [0.2, 0.25) is 5.91 Å². The van der Waals surface area contributed by atoms with Gasteiger partial charge < -0.3 is 27.2 Å². The van der Waals surface area contributed by atoms with Crippen molar-refractivity contribution in [2.75, 3.05) is 26.2 Å². The van der Waals surface area contributed by atoms with E-state index in [1.165, 1.54) is 0 Å². The molecule has 0 fully saturated rings. The Kier molecular flexibility index (Phi) is 10.1. The number of carboxylic acids is 1. The van der Waals surface area contributed by atoms with Crippen LogP contribution < -0.4 is 17.2 Å². The Bertz CT molecular complexity index is 274. The van der Waals surface area contributed by atoms with Crippen molar-refractivity contribution >= 4 is 11.9 Å². The van der Waals surface area contributed by atoms with Gasteiger partial charge >= 0.3 is 5.97 Å². The van der Waals surface area contributed by atoms with Crippen LogP contribution in [0.4, 0.5) is 0 Å². The molecule has 1 atom stereocenters. The molecule has 0 spiro atoms. The fraction of sp³-hybridized carbons (Fsp3) is 0.833. The molecule has 0 radical (unpaired) electrons. The maximum Gasteiger partial charge on any atom is 0.320 e. The Morgan fingerprint density at radius 1 is 1.05 bits per heavy atom. The first-order valence-corrected chi connectivity index (χ1v) is 6.69. The van der Waals surface area contributed by atoms with Crippen LogP contribution in [-0.4, -0.2) is 54.1 Å². The molecule has 0 unspecified atom stereocenters. The normalized spacial score (nSPS) is 12.2. The van der Waals surface area contributed by atoms with Crippen molar-refractivity contribution < 1.29 is 14.7 Å². The van der Waals surface area contributed by atoms with E-state index in [-0.39, 0.29) is 18.7 Å². The van der Waals surface area contributed by atoms with Gasteiger partial charge in [-0.2, -0.15) is 0 Å². The smallest absolute Gasteiger partial charge is 0.320 e. The number of aliphatic carboxylic acids is 1. The molecule has 19 heavy (non-hydrogen) atoms. The first kappa shape index (κ1) is 17.8. The molecule has 0 heterocycles. The summed E-state index contributed by atoms with van der Waals surface area (Å²) in [6.07, 6.45) is 2.75. The van der Waals surface area contributed by atoms with Gasteiger partial charge in [0, 0.05) is 19.5 Å². The second kappa shape index (κ2) is 10.7. The van der Waals surface area contributed by atoms with Crippen molar-refractivity contribution in [2.24, 2.45) is 17.2 Å². The molecule has 0 aliphatic heterocycles. The minimum Gasteiger partial charge on any atom is -0.480 e. The SMILES string of the molecule is NCCCCN(CCCN)C(=O)CC[C@H](N)C(=O)O. The number of hydrogen-bond acceptors (Lipinski definition) is 5. The van der Waals surface area contributed by atoms with E-state index in [1.807, 2.05) is 0 Å². The summed E-state index contributed by atoms with van der Waals surface area (Å²) in [6, 6.07) is -0.982. The second-order valence-electron chi connectivity index (χ2n) is 4.50. The van der Waals surface area contributed by atoms with Crippen LogP contribution >= 0.6 is 0 Å². The molecule has 7 N–H and O–H groups in total. The Morgan fingerprint density at radius 3 is 2.16 bits per heavy atom. The Balaban J connectivity index is 4.16. The van der Waals surface area contributed by atoms with E-state index in [1.54, 1.807) is 4.90 Å². The lowest BCUT2D eigenvalue weighted by atomic mass is 10.1. The third-order valence-corrected chi connectivity index (χ3v) is 2.85. The van der Waals surface area contributed by atoms with E-state index in [2.05, 4.69) is 0 Å². The summed E-state index contributed by atoms with van der Waals surface area (Å²) in [5.74, 6) is -1.15. The molecule has 0 saturated heterocycles. The topological polar surface area (TPSA) is 136 Å². The lowest BCUT2D eigenvalue weighted by molar-refractivity contribution is -0.139. The van der Waals surface area contributed by atoms with Crippen molar-refractivity contribution in [1.29, 1.82) is 0 Å². The predicted molar refractivity (Wildman–Crippen MR) is 73.4 cm³/mol. The lowest BCUT2D eigenvalue weighted by Crippen LogP contribution is -2.36. The van der Waals surface area contributed by atoms with Gasteiger partial charge in [0.05, 0.1) is 0 Å². The lowest BCUT2D eigenvalue weighted by Gasteiger charge is -2.23. The Hall–Kier alpha value is -1.18. The molecule has 0 aromatic carbocycles. The highest BCUT2D eigenvalue weighted by molar-refractivity contribution is 5.78. The maximum atomic E-state index is 12.0. The summed E-state index contributed by atoms with van der Waals surface area (Å²) in [7, 11) is 0. The van der Waals surface area contributed by atoms with Crippen LogP contribution in [0.3, 0.4) is 0 Å². The van der Waals surface area contributed by atoms with Crippen molar-refractivity contribution in [1.82, 2.24) is 4.90 Å². The highest BCUT2D eigenvalue weighted by Gasteiger charge is 2.17. The fourth-order valence-corrected chi connectivity index (χ4v) is 1.65. The minimum absolute atomic E-state index is 0.0674. The monoisotopic (exact) mass is 274 g/mol. The third-order valence-electron chi connectivity index (χ3n) is 2.85. The van der Waals surface area contributed by atoms with Crippen LogP contribution in [-0.2, 0) is 9.59 Å². The molecule has 112 valence electrons. The molecule has 0 saturated carbocycles. The molecule has 0 aliphatic rings. The summed E-state index contributed by atoms with van der Waals surface area (Å²) < 4.78 is 0. The molecule has 0 rings (SSSR count). The number of hydrogen-bond donors (Lipinski definition) is 4. The van der Waals surface area contributed by atoms with E-state index >= 15 is 0 Å². The summed E-state index contributed by atoms with van der Waals surface area (Å²) in [5, 5.41) is 8.67. The number of carbonyl (C=O) groups is 2. The van der Waals surface area contributed by atoms with Gasteiger partial charge in [-0.1, -0.05) is 0 Å². The predicted octanol–water partition coefficient (Wildman–Crippen LogP) is -0.905. The molecule has 0 aliphatic carbocycles. The van der Waals surface area contributed by atoms with Crippen LogP contribution in [0.15, 0.2) is 0 Å². The third kappa shape index (κ3) is 8.52.